The third-order valence-electron chi connectivity index (χ3n) is 3.85. The normalized spacial score (nSPS) is 12.5. The van der Waals surface area contributed by atoms with Gasteiger partial charge >= 0.3 is 5.97 Å². The molecule has 2 heterocycles. The van der Waals surface area contributed by atoms with Crippen LogP contribution >= 0.6 is 11.6 Å². The summed E-state index contributed by atoms with van der Waals surface area (Å²) in [6.45, 7) is -0.293. The van der Waals surface area contributed by atoms with Crippen LogP contribution in [-0.2, 0) is 11.3 Å². The number of ketones is 1. The molecule has 4 rings (SSSR count). The molecule has 0 unspecified atom stereocenters. The lowest BCUT2D eigenvalue weighted by molar-refractivity contribution is -0.137. The summed E-state index contributed by atoms with van der Waals surface area (Å²) in [5.74, 6) is -0.408. The van der Waals surface area contributed by atoms with Gasteiger partial charge in [0.25, 0.3) is 0 Å². The first-order valence-corrected chi connectivity index (χ1v) is 7.73. The highest BCUT2D eigenvalue weighted by Gasteiger charge is 2.24. The molecule has 0 bridgehead atoms. The molecule has 2 aromatic carbocycles. The second-order valence-electron chi connectivity index (χ2n) is 5.46. The van der Waals surface area contributed by atoms with Crippen molar-refractivity contribution >= 4 is 34.3 Å². The van der Waals surface area contributed by atoms with Crippen molar-refractivity contribution in [2.24, 2.45) is 0 Å². The SMILES string of the molecule is O=C(O)Cn1nc(C(=O)c2ccc(Cl)cc2)c2cc3c(cc21)OCO3. The Morgan fingerprint density at radius 1 is 1.16 bits per heavy atom. The minimum atomic E-state index is -1.06. The zero-order valence-electron chi connectivity index (χ0n) is 12.7. The largest absolute Gasteiger partial charge is 0.480 e. The van der Waals surface area contributed by atoms with Crippen LogP contribution in [0.15, 0.2) is 36.4 Å². The number of carboxylic acids is 1. The van der Waals surface area contributed by atoms with Gasteiger partial charge in [-0.3, -0.25) is 14.3 Å². The van der Waals surface area contributed by atoms with E-state index < -0.39 is 5.97 Å². The van der Waals surface area contributed by atoms with E-state index in [1.165, 1.54) is 4.68 Å². The molecule has 1 N–H and O–H groups in total. The third-order valence-corrected chi connectivity index (χ3v) is 4.10. The van der Waals surface area contributed by atoms with E-state index in [1.807, 2.05) is 0 Å². The minimum absolute atomic E-state index is 0.0781. The molecule has 0 spiro atoms. The van der Waals surface area contributed by atoms with Crippen LogP contribution in [0.25, 0.3) is 10.9 Å². The van der Waals surface area contributed by atoms with Gasteiger partial charge in [0.2, 0.25) is 12.6 Å². The predicted octanol–water partition coefficient (Wildman–Crippen LogP) is 2.73. The number of halogens is 1. The van der Waals surface area contributed by atoms with Crippen molar-refractivity contribution < 1.29 is 24.2 Å². The topological polar surface area (TPSA) is 90.7 Å². The van der Waals surface area contributed by atoms with E-state index >= 15 is 0 Å². The lowest BCUT2D eigenvalue weighted by atomic mass is 10.1. The molecule has 1 aliphatic rings. The predicted molar refractivity (Wildman–Crippen MR) is 88.4 cm³/mol. The standard InChI is InChI=1S/C17H11ClN2O5/c18-10-3-1-9(2-4-10)17(23)16-11-5-13-14(25-8-24-13)6-12(11)20(19-16)7-15(21)22/h1-6H,7-8H2,(H,21,22). The Kier molecular flexibility index (Phi) is 3.58. The van der Waals surface area contributed by atoms with Gasteiger partial charge in [0.05, 0.1) is 5.52 Å². The Labute approximate surface area is 146 Å². The zero-order chi connectivity index (χ0) is 17.6. The van der Waals surface area contributed by atoms with Crippen molar-refractivity contribution in [1.29, 1.82) is 0 Å². The minimum Gasteiger partial charge on any atom is -0.480 e. The number of fused-ring (bicyclic) bond motifs is 2. The number of carboxylic acid groups (broad SMARTS) is 1. The molecule has 0 amide bonds. The number of ether oxygens (including phenoxy) is 2. The maximum absolute atomic E-state index is 12.8. The second-order valence-corrected chi connectivity index (χ2v) is 5.90. The van der Waals surface area contributed by atoms with Crippen LogP contribution in [0.5, 0.6) is 11.5 Å². The summed E-state index contributed by atoms with van der Waals surface area (Å²) in [5, 5.41) is 14.3. The Morgan fingerprint density at radius 3 is 2.52 bits per heavy atom. The zero-order valence-corrected chi connectivity index (χ0v) is 13.5. The van der Waals surface area contributed by atoms with Crippen LogP contribution in [0.4, 0.5) is 0 Å². The fraction of sp³-hybridized carbons (Fsp3) is 0.118. The molecule has 0 saturated heterocycles. The Balaban J connectivity index is 1.89. The fourth-order valence-corrected chi connectivity index (χ4v) is 2.84. The first kappa shape index (κ1) is 15.5. The highest BCUT2D eigenvalue weighted by molar-refractivity contribution is 6.30. The van der Waals surface area contributed by atoms with Gasteiger partial charge in [0.1, 0.15) is 12.2 Å². The van der Waals surface area contributed by atoms with Crippen LogP contribution in [0.1, 0.15) is 16.1 Å². The third kappa shape index (κ3) is 2.68. The molecule has 1 aliphatic heterocycles. The van der Waals surface area contributed by atoms with Crippen LogP contribution in [0.3, 0.4) is 0 Å². The van der Waals surface area contributed by atoms with Crippen molar-refractivity contribution in [3.05, 3.63) is 52.7 Å². The quantitative estimate of drug-likeness (QED) is 0.721. The van der Waals surface area contributed by atoms with Crippen molar-refractivity contribution in [2.45, 2.75) is 6.54 Å². The van der Waals surface area contributed by atoms with Gasteiger partial charge in [-0.1, -0.05) is 11.6 Å². The number of benzene rings is 2. The van der Waals surface area contributed by atoms with Crippen molar-refractivity contribution in [1.82, 2.24) is 9.78 Å². The van der Waals surface area contributed by atoms with Gasteiger partial charge < -0.3 is 14.6 Å². The summed E-state index contributed by atoms with van der Waals surface area (Å²) < 4.78 is 11.9. The molecule has 0 aliphatic carbocycles. The summed E-state index contributed by atoms with van der Waals surface area (Å²) in [4.78, 5) is 23.9. The number of hydrogen-bond donors (Lipinski definition) is 1. The molecule has 1 aromatic heterocycles. The smallest absolute Gasteiger partial charge is 0.325 e. The van der Waals surface area contributed by atoms with E-state index in [1.54, 1.807) is 36.4 Å². The molecule has 0 radical (unpaired) electrons. The lowest BCUT2D eigenvalue weighted by Crippen LogP contribution is -2.11. The number of rotatable bonds is 4. The summed E-state index contributed by atoms with van der Waals surface area (Å²) in [7, 11) is 0. The molecule has 7 nitrogen and oxygen atoms in total. The monoisotopic (exact) mass is 358 g/mol. The van der Waals surface area contributed by atoms with Gasteiger partial charge in [-0.15, -0.1) is 0 Å². The van der Waals surface area contributed by atoms with E-state index in [0.717, 1.165) is 0 Å². The van der Waals surface area contributed by atoms with Gasteiger partial charge in [0, 0.05) is 22.0 Å². The summed E-state index contributed by atoms with van der Waals surface area (Å²) in [6, 6.07) is 9.69. The maximum atomic E-state index is 12.8. The first-order chi connectivity index (χ1) is 12.0. The molecule has 0 fully saturated rings. The second kappa shape index (κ2) is 5.78. The highest BCUT2D eigenvalue weighted by Crippen LogP contribution is 2.37. The van der Waals surface area contributed by atoms with Crippen LogP contribution in [0.2, 0.25) is 5.02 Å². The molecular formula is C17H11ClN2O5. The average Bonchev–Trinajstić information content (AvgIpc) is 3.17. The number of aliphatic carboxylic acids is 1. The van der Waals surface area contributed by atoms with E-state index in [0.29, 0.717) is 33.0 Å². The van der Waals surface area contributed by atoms with E-state index in [4.69, 9.17) is 26.2 Å². The Morgan fingerprint density at radius 2 is 1.84 bits per heavy atom. The van der Waals surface area contributed by atoms with E-state index in [2.05, 4.69) is 5.10 Å². The summed E-state index contributed by atoms with van der Waals surface area (Å²) in [6.07, 6.45) is 0. The molecule has 0 saturated carbocycles. The number of aromatic nitrogens is 2. The van der Waals surface area contributed by atoms with Crippen LogP contribution in [0, 0.1) is 0 Å². The van der Waals surface area contributed by atoms with Gasteiger partial charge in [-0.25, -0.2) is 0 Å². The van der Waals surface area contributed by atoms with Crippen LogP contribution < -0.4 is 9.47 Å². The van der Waals surface area contributed by atoms with Gasteiger partial charge in [-0.05, 0) is 30.3 Å². The van der Waals surface area contributed by atoms with Crippen molar-refractivity contribution in [2.75, 3.05) is 6.79 Å². The number of hydrogen-bond acceptors (Lipinski definition) is 5. The molecule has 3 aromatic rings. The van der Waals surface area contributed by atoms with Gasteiger partial charge in [-0.2, -0.15) is 5.10 Å². The summed E-state index contributed by atoms with van der Waals surface area (Å²) in [5.41, 5.74) is 1.05. The van der Waals surface area contributed by atoms with Crippen molar-refractivity contribution in [3.8, 4) is 11.5 Å². The lowest BCUT2D eigenvalue weighted by Gasteiger charge is -2.00. The number of carbonyl (C=O) groups excluding carboxylic acids is 1. The maximum Gasteiger partial charge on any atom is 0.325 e. The van der Waals surface area contributed by atoms with Crippen molar-refractivity contribution in [3.63, 3.8) is 0 Å². The van der Waals surface area contributed by atoms with E-state index in [9.17, 15) is 9.59 Å². The first-order valence-electron chi connectivity index (χ1n) is 7.35. The fourth-order valence-electron chi connectivity index (χ4n) is 2.72. The Bertz CT molecular complexity index is 1010. The van der Waals surface area contributed by atoms with Crippen LogP contribution in [-0.4, -0.2) is 33.4 Å². The molecule has 25 heavy (non-hydrogen) atoms. The van der Waals surface area contributed by atoms with Gasteiger partial charge in [0.15, 0.2) is 11.5 Å². The molecular weight excluding hydrogens is 348 g/mol. The number of carbonyl (C=O) groups is 2. The highest BCUT2D eigenvalue weighted by atomic mass is 35.5. The van der Waals surface area contributed by atoms with E-state index in [-0.39, 0.29) is 24.8 Å². The average molecular weight is 359 g/mol. The Hall–Kier alpha value is -3.06. The molecule has 126 valence electrons. The molecule has 0 atom stereocenters. The summed E-state index contributed by atoms with van der Waals surface area (Å²) >= 11 is 5.86. The number of nitrogens with zero attached hydrogens (tertiary/aromatic N) is 2. The molecule has 8 heteroatoms.